The molecule has 0 radical (unpaired) electrons. The number of sulfonamides is 1. The molecule has 1 heterocycles. The average molecular weight is 350 g/mol. The highest BCUT2D eigenvalue weighted by molar-refractivity contribution is 9.10. The minimum Gasteiger partial charge on any atom is -0.372 e. The van der Waals surface area contributed by atoms with Gasteiger partial charge in [0, 0.05) is 30.3 Å². The van der Waals surface area contributed by atoms with Crippen LogP contribution in [0.3, 0.4) is 0 Å². The van der Waals surface area contributed by atoms with E-state index in [0.29, 0.717) is 10.3 Å². The van der Waals surface area contributed by atoms with E-state index >= 15 is 0 Å². The van der Waals surface area contributed by atoms with Crippen molar-refractivity contribution < 1.29 is 8.42 Å². The van der Waals surface area contributed by atoms with Crippen molar-refractivity contribution in [2.75, 3.05) is 19.4 Å². The highest BCUT2D eigenvalue weighted by atomic mass is 79.9. The molecule has 1 N–H and O–H groups in total. The summed E-state index contributed by atoms with van der Waals surface area (Å²) in [6, 6.07) is 1.57. The maximum absolute atomic E-state index is 12.7. The quantitative estimate of drug-likeness (QED) is 0.887. The summed E-state index contributed by atoms with van der Waals surface area (Å²) >= 11 is 3.26. The third-order valence-electron chi connectivity index (χ3n) is 3.41. The molecule has 0 aliphatic heterocycles. The number of nitrogens with one attached hydrogen (secondary N) is 1. The number of hydrogen-bond acceptors (Lipinski definition) is 4. The van der Waals surface area contributed by atoms with E-state index in [2.05, 4.69) is 26.2 Å². The summed E-state index contributed by atoms with van der Waals surface area (Å²) in [4.78, 5) is 4.26. The van der Waals surface area contributed by atoms with Crippen molar-refractivity contribution in [2.24, 2.45) is 0 Å². The van der Waals surface area contributed by atoms with E-state index in [9.17, 15) is 8.42 Å². The van der Waals surface area contributed by atoms with Gasteiger partial charge in [-0.2, -0.15) is 4.31 Å². The third-order valence-corrected chi connectivity index (χ3v) is 5.93. The first kappa shape index (κ1) is 16.4. The normalized spacial score (nSPS) is 12.8. The molecule has 1 aromatic heterocycles. The highest BCUT2D eigenvalue weighted by Gasteiger charge is 2.34. The SMILES string of the molecule is CCC(C)(C)N(C)S(=O)(=O)c1cc(Br)cnc1NC. The van der Waals surface area contributed by atoms with E-state index in [1.54, 1.807) is 26.4 Å². The predicted molar refractivity (Wildman–Crippen MR) is 80.8 cm³/mol. The molecule has 0 fully saturated rings. The van der Waals surface area contributed by atoms with Crippen LogP contribution >= 0.6 is 15.9 Å². The molecule has 1 rings (SSSR count). The first-order chi connectivity index (χ1) is 8.66. The second-order valence-electron chi connectivity index (χ2n) is 4.89. The Kier molecular flexibility index (Phi) is 4.97. The van der Waals surface area contributed by atoms with Crippen molar-refractivity contribution in [3.05, 3.63) is 16.7 Å². The van der Waals surface area contributed by atoms with E-state index in [1.165, 1.54) is 4.31 Å². The topological polar surface area (TPSA) is 62.3 Å². The second kappa shape index (κ2) is 5.76. The molecule has 108 valence electrons. The molecule has 0 unspecified atom stereocenters. The van der Waals surface area contributed by atoms with Gasteiger partial charge in [0.15, 0.2) is 0 Å². The van der Waals surface area contributed by atoms with E-state index in [-0.39, 0.29) is 4.90 Å². The van der Waals surface area contributed by atoms with E-state index in [0.717, 1.165) is 6.42 Å². The molecule has 5 nitrogen and oxygen atoms in total. The second-order valence-corrected chi connectivity index (χ2v) is 7.74. The first-order valence-corrected chi connectivity index (χ1v) is 8.22. The lowest BCUT2D eigenvalue weighted by Crippen LogP contribution is -2.44. The van der Waals surface area contributed by atoms with Crippen molar-refractivity contribution >= 4 is 31.8 Å². The molecule has 0 aliphatic carbocycles. The van der Waals surface area contributed by atoms with Crippen LogP contribution in [0.2, 0.25) is 0 Å². The fourth-order valence-corrected chi connectivity index (χ4v) is 3.73. The molecule has 0 bridgehead atoms. The Morgan fingerprint density at radius 1 is 1.47 bits per heavy atom. The summed E-state index contributed by atoms with van der Waals surface area (Å²) in [5.74, 6) is 0.349. The van der Waals surface area contributed by atoms with Gasteiger partial charge in [0.1, 0.15) is 10.7 Å². The molecule has 19 heavy (non-hydrogen) atoms. The number of hydrogen-bond donors (Lipinski definition) is 1. The summed E-state index contributed by atoms with van der Waals surface area (Å²) in [6.45, 7) is 5.76. The number of anilines is 1. The van der Waals surface area contributed by atoms with E-state index in [1.807, 2.05) is 20.8 Å². The molecule has 0 atom stereocenters. The molecule has 0 aromatic carbocycles. The largest absolute Gasteiger partial charge is 0.372 e. The molecular formula is C12H20BrN3O2S. The Labute approximate surface area is 123 Å². The van der Waals surface area contributed by atoms with Crippen LogP contribution in [0.1, 0.15) is 27.2 Å². The third kappa shape index (κ3) is 3.27. The molecular weight excluding hydrogens is 330 g/mol. The standard InChI is InChI=1S/C12H20BrN3O2S/c1-6-12(2,3)16(5)19(17,18)10-7-9(13)8-15-11(10)14-4/h7-8H,6H2,1-5H3,(H,14,15). The Bertz CT molecular complexity index is 558. The summed E-state index contributed by atoms with van der Waals surface area (Å²) < 4.78 is 27.4. The number of nitrogens with zero attached hydrogens (tertiary/aromatic N) is 2. The maximum atomic E-state index is 12.7. The van der Waals surface area contributed by atoms with Gasteiger partial charge in [0.25, 0.3) is 0 Å². The fraction of sp³-hybridized carbons (Fsp3) is 0.583. The van der Waals surface area contributed by atoms with E-state index < -0.39 is 15.6 Å². The number of aromatic nitrogens is 1. The van der Waals surface area contributed by atoms with Crippen molar-refractivity contribution in [2.45, 2.75) is 37.6 Å². The van der Waals surface area contributed by atoms with Gasteiger partial charge in [-0.15, -0.1) is 0 Å². The summed E-state index contributed by atoms with van der Waals surface area (Å²) in [5.41, 5.74) is -0.452. The summed E-state index contributed by atoms with van der Waals surface area (Å²) in [6.07, 6.45) is 2.29. The zero-order valence-corrected chi connectivity index (χ0v) is 14.3. The van der Waals surface area contributed by atoms with E-state index in [4.69, 9.17) is 0 Å². The first-order valence-electron chi connectivity index (χ1n) is 5.99. The number of rotatable bonds is 5. The van der Waals surface area contributed by atoms with Crippen LogP contribution < -0.4 is 5.32 Å². The molecule has 1 aromatic rings. The number of pyridine rings is 1. The molecule has 0 saturated carbocycles. The zero-order chi connectivity index (χ0) is 14.8. The lowest BCUT2D eigenvalue weighted by molar-refractivity contribution is 0.257. The van der Waals surface area contributed by atoms with Crippen LogP contribution in [-0.4, -0.2) is 37.3 Å². The lowest BCUT2D eigenvalue weighted by Gasteiger charge is -2.34. The van der Waals surface area contributed by atoms with Gasteiger partial charge in [-0.05, 0) is 42.3 Å². The summed E-state index contributed by atoms with van der Waals surface area (Å²) in [7, 11) is -0.346. The van der Waals surface area contributed by atoms with Crippen molar-refractivity contribution in [1.29, 1.82) is 0 Å². The monoisotopic (exact) mass is 349 g/mol. The average Bonchev–Trinajstić information content (AvgIpc) is 2.37. The Morgan fingerprint density at radius 2 is 2.05 bits per heavy atom. The molecule has 0 saturated heterocycles. The van der Waals surface area contributed by atoms with Gasteiger partial charge in [0.05, 0.1) is 0 Å². The van der Waals surface area contributed by atoms with Crippen molar-refractivity contribution in [1.82, 2.24) is 9.29 Å². The van der Waals surface area contributed by atoms with Crippen LogP contribution in [0.15, 0.2) is 21.6 Å². The number of halogens is 1. The van der Waals surface area contributed by atoms with Gasteiger partial charge in [-0.25, -0.2) is 13.4 Å². The minimum absolute atomic E-state index is 0.174. The van der Waals surface area contributed by atoms with Crippen LogP contribution in [0.4, 0.5) is 5.82 Å². The lowest BCUT2D eigenvalue weighted by atomic mass is 10.0. The van der Waals surface area contributed by atoms with Gasteiger partial charge in [0.2, 0.25) is 10.0 Å². The predicted octanol–water partition coefficient (Wildman–Crippen LogP) is 2.69. The van der Waals surface area contributed by atoms with Crippen LogP contribution in [0.5, 0.6) is 0 Å². The van der Waals surface area contributed by atoms with Crippen LogP contribution in [0.25, 0.3) is 0 Å². The van der Waals surface area contributed by atoms with Gasteiger partial charge in [-0.1, -0.05) is 6.92 Å². The Morgan fingerprint density at radius 3 is 2.53 bits per heavy atom. The molecule has 0 amide bonds. The van der Waals surface area contributed by atoms with Gasteiger partial charge in [-0.3, -0.25) is 0 Å². The van der Waals surface area contributed by atoms with Gasteiger partial charge < -0.3 is 5.32 Å². The van der Waals surface area contributed by atoms with Crippen molar-refractivity contribution in [3.63, 3.8) is 0 Å². The zero-order valence-electron chi connectivity index (χ0n) is 11.9. The molecule has 7 heteroatoms. The maximum Gasteiger partial charge on any atom is 0.247 e. The minimum atomic E-state index is -3.60. The van der Waals surface area contributed by atoms with Crippen LogP contribution in [0, 0.1) is 0 Å². The molecule has 0 spiro atoms. The Balaban J connectivity index is 3.39. The smallest absolute Gasteiger partial charge is 0.247 e. The van der Waals surface area contributed by atoms with Crippen LogP contribution in [-0.2, 0) is 10.0 Å². The molecule has 0 aliphatic rings. The van der Waals surface area contributed by atoms with Gasteiger partial charge >= 0.3 is 0 Å². The Hall–Kier alpha value is -0.660. The highest BCUT2D eigenvalue weighted by Crippen LogP contribution is 2.30. The van der Waals surface area contributed by atoms with Crippen molar-refractivity contribution in [3.8, 4) is 0 Å². The summed E-state index contributed by atoms with van der Waals surface area (Å²) in [5, 5.41) is 2.82. The fourth-order valence-electron chi connectivity index (χ4n) is 1.50.